The van der Waals surface area contributed by atoms with Crippen molar-refractivity contribution in [1.82, 2.24) is 5.32 Å². The molecule has 2 aromatic carbocycles. The first-order chi connectivity index (χ1) is 12.1. The van der Waals surface area contributed by atoms with E-state index in [0.29, 0.717) is 16.8 Å². The lowest BCUT2D eigenvalue weighted by molar-refractivity contribution is -0.0974. The van der Waals surface area contributed by atoms with Gasteiger partial charge in [0.05, 0.1) is 29.2 Å². The van der Waals surface area contributed by atoms with Crippen LogP contribution in [0.2, 0.25) is 0 Å². The lowest BCUT2D eigenvalue weighted by Gasteiger charge is -2.15. The Morgan fingerprint density at radius 1 is 1.04 bits per heavy atom. The van der Waals surface area contributed by atoms with Crippen molar-refractivity contribution in [3.63, 3.8) is 0 Å². The molecule has 2 amide bonds. The lowest BCUT2D eigenvalue weighted by Crippen LogP contribution is -2.34. The number of methoxy groups -OCH3 is 2. The Kier molecular flexibility index (Phi) is 4.97. The SMILES string of the molecule is COC(CNC(=O)c1ccc2c(c1)NC(=O)c1ccccc1N2)OC. The van der Waals surface area contributed by atoms with E-state index in [1.807, 2.05) is 12.1 Å². The summed E-state index contributed by atoms with van der Waals surface area (Å²) in [5, 5.41) is 8.77. The van der Waals surface area contributed by atoms with Crippen molar-refractivity contribution in [2.24, 2.45) is 0 Å². The molecule has 0 fully saturated rings. The number of nitrogens with one attached hydrogen (secondary N) is 3. The molecule has 1 aliphatic rings. The normalized spacial score (nSPS) is 12.5. The van der Waals surface area contributed by atoms with Crippen LogP contribution in [0, 0.1) is 0 Å². The molecule has 0 spiro atoms. The van der Waals surface area contributed by atoms with Crippen LogP contribution in [0.15, 0.2) is 42.5 Å². The maximum absolute atomic E-state index is 12.4. The molecule has 3 rings (SSSR count). The fourth-order valence-corrected chi connectivity index (χ4v) is 2.56. The smallest absolute Gasteiger partial charge is 0.257 e. The third-order valence-corrected chi connectivity index (χ3v) is 3.93. The Bertz CT molecular complexity index is 803. The molecule has 2 aromatic rings. The number of ether oxygens (including phenoxy) is 2. The van der Waals surface area contributed by atoms with Gasteiger partial charge in [-0.2, -0.15) is 0 Å². The summed E-state index contributed by atoms with van der Waals surface area (Å²) in [6.07, 6.45) is -0.513. The Morgan fingerprint density at radius 3 is 2.56 bits per heavy atom. The third kappa shape index (κ3) is 3.62. The fraction of sp³-hybridized carbons (Fsp3) is 0.222. The van der Waals surface area contributed by atoms with Gasteiger partial charge in [0.1, 0.15) is 0 Å². The number of hydrogen-bond acceptors (Lipinski definition) is 5. The summed E-state index contributed by atoms with van der Waals surface area (Å²) in [6.45, 7) is 0.221. The predicted molar refractivity (Wildman–Crippen MR) is 94.3 cm³/mol. The highest BCUT2D eigenvalue weighted by Gasteiger charge is 2.20. The topological polar surface area (TPSA) is 88.7 Å². The molecule has 0 radical (unpaired) electrons. The van der Waals surface area contributed by atoms with Gasteiger partial charge in [-0.05, 0) is 30.3 Å². The van der Waals surface area contributed by atoms with Gasteiger partial charge in [-0.15, -0.1) is 0 Å². The first-order valence-electron chi connectivity index (χ1n) is 7.77. The number of amides is 2. The van der Waals surface area contributed by atoms with E-state index in [1.54, 1.807) is 30.3 Å². The second-order valence-corrected chi connectivity index (χ2v) is 5.50. The van der Waals surface area contributed by atoms with Crippen molar-refractivity contribution >= 4 is 28.9 Å². The first kappa shape index (κ1) is 16.9. The van der Waals surface area contributed by atoms with Crippen molar-refractivity contribution < 1.29 is 19.1 Å². The van der Waals surface area contributed by atoms with Gasteiger partial charge in [0.15, 0.2) is 6.29 Å². The number of carbonyl (C=O) groups excluding carboxylic acids is 2. The molecule has 1 aliphatic heterocycles. The average Bonchev–Trinajstić information content (AvgIpc) is 2.77. The molecule has 7 nitrogen and oxygen atoms in total. The number of hydrogen-bond donors (Lipinski definition) is 3. The van der Waals surface area contributed by atoms with E-state index in [-0.39, 0.29) is 18.4 Å². The van der Waals surface area contributed by atoms with Crippen molar-refractivity contribution in [3.8, 4) is 0 Å². The molecule has 0 aromatic heterocycles. The summed E-state index contributed by atoms with van der Waals surface area (Å²) < 4.78 is 10.1. The van der Waals surface area contributed by atoms with Crippen molar-refractivity contribution in [2.75, 3.05) is 31.4 Å². The van der Waals surface area contributed by atoms with Gasteiger partial charge in [0, 0.05) is 19.8 Å². The zero-order chi connectivity index (χ0) is 17.8. The number of carbonyl (C=O) groups is 2. The molecule has 0 bridgehead atoms. The molecule has 0 saturated carbocycles. The van der Waals surface area contributed by atoms with E-state index in [2.05, 4.69) is 16.0 Å². The summed E-state index contributed by atoms with van der Waals surface area (Å²) in [6, 6.07) is 12.3. The van der Waals surface area contributed by atoms with Crippen molar-refractivity contribution in [3.05, 3.63) is 53.6 Å². The van der Waals surface area contributed by atoms with Crippen LogP contribution >= 0.6 is 0 Å². The second-order valence-electron chi connectivity index (χ2n) is 5.50. The molecule has 0 saturated heterocycles. The molecule has 1 heterocycles. The Hall–Kier alpha value is -2.90. The van der Waals surface area contributed by atoms with E-state index < -0.39 is 6.29 Å². The number of fused-ring (bicyclic) bond motifs is 2. The second kappa shape index (κ2) is 7.33. The van der Waals surface area contributed by atoms with Gasteiger partial charge in [0.2, 0.25) is 0 Å². The largest absolute Gasteiger partial charge is 0.354 e. The summed E-state index contributed by atoms with van der Waals surface area (Å²) in [4.78, 5) is 24.7. The minimum Gasteiger partial charge on any atom is -0.354 e. The van der Waals surface area contributed by atoms with Gasteiger partial charge in [0.25, 0.3) is 11.8 Å². The standard InChI is InChI=1S/C18H19N3O4/c1-24-16(25-2)10-19-17(22)11-7-8-14-15(9-11)21-18(23)12-5-3-4-6-13(12)20-14/h3-9,16,20H,10H2,1-2H3,(H,19,22)(H,21,23). The van der Waals surface area contributed by atoms with E-state index in [1.165, 1.54) is 14.2 Å². The van der Waals surface area contributed by atoms with E-state index in [0.717, 1.165) is 11.4 Å². The summed E-state index contributed by atoms with van der Waals surface area (Å²) >= 11 is 0. The van der Waals surface area contributed by atoms with Crippen molar-refractivity contribution in [2.45, 2.75) is 6.29 Å². The van der Waals surface area contributed by atoms with Crippen LogP contribution in [0.5, 0.6) is 0 Å². The Morgan fingerprint density at radius 2 is 1.80 bits per heavy atom. The number of benzene rings is 2. The highest BCUT2D eigenvalue weighted by atomic mass is 16.7. The van der Waals surface area contributed by atoms with Gasteiger partial charge >= 0.3 is 0 Å². The van der Waals surface area contributed by atoms with Crippen LogP contribution in [-0.4, -0.2) is 38.9 Å². The maximum atomic E-state index is 12.4. The zero-order valence-corrected chi connectivity index (χ0v) is 14.0. The van der Waals surface area contributed by atoms with Crippen LogP contribution in [-0.2, 0) is 9.47 Å². The molecule has 0 aliphatic carbocycles. The van der Waals surface area contributed by atoms with Crippen LogP contribution < -0.4 is 16.0 Å². The molecule has 7 heteroatoms. The molecular weight excluding hydrogens is 322 g/mol. The molecule has 25 heavy (non-hydrogen) atoms. The van der Waals surface area contributed by atoms with Crippen LogP contribution in [0.25, 0.3) is 0 Å². The number of rotatable bonds is 5. The maximum Gasteiger partial charge on any atom is 0.257 e. The zero-order valence-electron chi connectivity index (χ0n) is 14.0. The number of anilines is 3. The highest BCUT2D eigenvalue weighted by molar-refractivity contribution is 6.12. The van der Waals surface area contributed by atoms with Gasteiger partial charge in [-0.25, -0.2) is 0 Å². The van der Waals surface area contributed by atoms with Crippen LogP contribution in [0.3, 0.4) is 0 Å². The third-order valence-electron chi connectivity index (χ3n) is 3.93. The van der Waals surface area contributed by atoms with Crippen LogP contribution in [0.4, 0.5) is 17.1 Å². The summed E-state index contributed by atoms with van der Waals surface area (Å²) in [5.74, 6) is -0.504. The minimum absolute atomic E-state index is 0.221. The van der Waals surface area contributed by atoms with Gasteiger partial charge in [-0.1, -0.05) is 12.1 Å². The molecule has 3 N–H and O–H groups in total. The monoisotopic (exact) mass is 341 g/mol. The highest BCUT2D eigenvalue weighted by Crippen LogP contribution is 2.32. The van der Waals surface area contributed by atoms with Crippen LogP contribution in [0.1, 0.15) is 20.7 Å². The molecule has 130 valence electrons. The minimum atomic E-state index is -0.513. The van der Waals surface area contributed by atoms with E-state index in [4.69, 9.17) is 9.47 Å². The number of para-hydroxylation sites is 1. The first-order valence-corrected chi connectivity index (χ1v) is 7.77. The molecule has 0 unspecified atom stereocenters. The van der Waals surface area contributed by atoms with Gasteiger partial charge < -0.3 is 25.4 Å². The fourth-order valence-electron chi connectivity index (χ4n) is 2.56. The summed E-state index contributed by atoms with van der Waals surface area (Å²) in [5.41, 5.74) is 2.97. The summed E-state index contributed by atoms with van der Waals surface area (Å²) in [7, 11) is 3.00. The lowest BCUT2D eigenvalue weighted by atomic mass is 10.1. The Labute approximate surface area is 145 Å². The van der Waals surface area contributed by atoms with Gasteiger partial charge in [-0.3, -0.25) is 9.59 Å². The van der Waals surface area contributed by atoms with E-state index in [9.17, 15) is 9.59 Å². The van der Waals surface area contributed by atoms with Crippen molar-refractivity contribution in [1.29, 1.82) is 0 Å². The average molecular weight is 341 g/mol. The molecule has 0 atom stereocenters. The quantitative estimate of drug-likeness (QED) is 0.727. The molecular formula is C18H19N3O4. The predicted octanol–water partition coefficient (Wildman–Crippen LogP) is 2.34. The van der Waals surface area contributed by atoms with E-state index >= 15 is 0 Å². The Balaban J connectivity index is 1.80.